The van der Waals surface area contributed by atoms with Gasteiger partial charge in [-0.15, -0.1) is 0 Å². The van der Waals surface area contributed by atoms with Crippen LogP contribution in [0, 0.1) is 0 Å². The molecule has 4 rings (SSSR count). The van der Waals surface area contributed by atoms with Crippen LogP contribution in [0.1, 0.15) is 11.1 Å². The molecule has 1 saturated heterocycles. The van der Waals surface area contributed by atoms with Gasteiger partial charge < -0.3 is 20.4 Å². The van der Waals surface area contributed by atoms with Gasteiger partial charge in [0.15, 0.2) is 0 Å². The van der Waals surface area contributed by atoms with Crippen LogP contribution >= 0.6 is 0 Å². The summed E-state index contributed by atoms with van der Waals surface area (Å²) in [6.45, 7) is 4.30. The Morgan fingerprint density at radius 3 is 2.38 bits per heavy atom. The highest BCUT2D eigenvalue weighted by Crippen LogP contribution is 2.35. The zero-order chi connectivity index (χ0) is 18.3. The van der Waals surface area contributed by atoms with Gasteiger partial charge in [0.05, 0.1) is 0 Å². The summed E-state index contributed by atoms with van der Waals surface area (Å²) in [5.41, 5.74) is 3.07. The van der Waals surface area contributed by atoms with Crippen molar-refractivity contribution in [2.45, 2.75) is 18.0 Å². The second-order valence-corrected chi connectivity index (χ2v) is 8.52. The molecule has 0 amide bonds. The van der Waals surface area contributed by atoms with Crippen LogP contribution in [0.25, 0.3) is 0 Å². The zero-order valence-corrected chi connectivity index (χ0v) is 15.0. The normalized spacial score (nSPS) is 18.1. The topological polar surface area (TPSA) is 93.1 Å². The summed E-state index contributed by atoms with van der Waals surface area (Å²) >= 11 is 0. The third-order valence-electron chi connectivity index (χ3n) is 4.93. The molecular formula is C18H21N3O4S. The maximum absolute atomic E-state index is 12.9. The molecule has 0 unspecified atom stereocenters. The predicted molar refractivity (Wildman–Crippen MR) is 97.7 cm³/mol. The average Bonchev–Trinajstić information content (AvgIpc) is 3.06. The number of nitrogens with one attached hydrogen (secondary N) is 1. The van der Waals surface area contributed by atoms with Crippen molar-refractivity contribution in [2.75, 3.05) is 31.1 Å². The molecule has 2 aliphatic rings. The quantitative estimate of drug-likeness (QED) is 0.747. The van der Waals surface area contributed by atoms with E-state index < -0.39 is 15.8 Å². The fourth-order valence-electron chi connectivity index (χ4n) is 3.50. The van der Waals surface area contributed by atoms with Crippen molar-refractivity contribution in [2.24, 2.45) is 0 Å². The van der Waals surface area contributed by atoms with Crippen LogP contribution in [0.3, 0.4) is 0 Å². The van der Waals surface area contributed by atoms with Crippen LogP contribution in [0.15, 0.2) is 41.3 Å². The van der Waals surface area contributed by atoms with Crippen molar-refractivity contribution in [3.05, 3.63) is 47.5 Å². The van der Waals surface area contributed by atoms with E-state index in [2.05, 4.69) is 16.3 Å². The van der Waals surface area contributed by atoms with Gasteiger partial charge in [0.25, 0.3) is 0 Å². The van der Waals surface area contributed by atoms with Gasteiger partial charge in [0, 0.05) is 51.0 Å². The maximum atomic E-state index is 12.9. The maximum Gasteiger partial charge on any atom is 0.247 e. The predicted octanol–water partition coefficient (Wildman–Crippen LogP) is 1.21. The molecule has 8 heteroatoms. The van der Waals surface area contributed by atoms with Crippen molar-refractivity contribution in [3.63, 3.8) is 0 Å². The van der Waals surface area contributed by atoms with E-state index in [1.165, 1.54) is 16.4 Å². The molecule has 0 radical (unpaired) electrons. The lowest BCUT2D eigenvalue weighted by Gasteiger charge is -2.29. The summed E-state index contributed by atoms with van der Waals surface area (Å²) in [5, 5.41) is 22.6. The summed E-state index contributed by atoms with van der Waals surface area (Å²) < 4.78 is 27.1. The van der Waals surface area contributed by atoms with Crippen molar-refractivity contribution in [1.82, 2.24) is 9.62 Å². The standard InChI is InChI=1S/C18H21N3O4S/c22-16-3-4-18(17(23)10-16)26(24,25)21-11-13-1-2-15(9-14(13)12-21)20-7-5-19-6-8-20/h1-4,9-10,19,22-23H,5-8,11-12H2. The van der Waals surface area contributed by atoms with Gasteiger partial charge in [-0.25, -0.2) is 8.42 Å². The molecule has 2 heterocycles. The van der Waals surface area contributed by atoms with Gasteiger partial charge in [-0.05, 0) is 35.4 Å². The lowest BCUT2D eigenvalue weighted by atomic mass is 10.1. The largest absolute Gasteiger partial charge is 0.508 e. The van der Waals surface area contributed by atoms with Crippen LogP contribution in [-0.2, 0) is 23.1 Å². The molecule has 138 valence electrons. The smallest absolute Gasteiger partial charge is 0.247 e. The number of piperazine rings is 1. The molecule has 0 atom stereocenters. The Hall–Kier alpha value is -2.29. The van der Waals surface area contributed by atoms with Crippen LogP contribution in [0.5, 0.6) is 11.5 Å². The second kappa shape index (κ2) is 6.46. The van der Waals surface area contributed by atoms with Gasteiger partial charge in [-0.2, -0.15) is 4.31 Å². The van der Waals surface area contributed by atoms with Gasteiger partial charge >= 0.3 is 0 Å². The van der Waals surface area contributed by atoms with E-state index in [0.29, 0.717) is 0 Å². The number of phenolic OH excluding ortho intramolecular Hbond substituents is 2. The van der Waals surface area contributed by atoms with Crippen molar-refractivity contribution >= 4 is 15.7 Å². The number of phenols is 2. The first kappa shape index (κ1) is 17.1. The number of benzene rings is 2. The molecule has 2 aromatic carbocycles. The van der Waals surface area contributed by atoms with E-state index in [-0.39, 0.29) is 23.7 Å². The highest BCUT2D eigenvalue weighted by atomic mass is 32.2. The molecule has 0 aliphatic carbocycles. The van der Waals surface area contributed by atoms with E-state index in [1.807, 2.05) is 12.1 Å². The van der Waals surface area contributed by atoms with Crippen molar-refractivity contribution in [3.8, 4) is 11.5 Å². The Bertz CT molecular complexity index is 939. The summed E-state index contributed by atoms with van der Waals surface area (Å²) in [5.74, 6) is -0.616. The molecule has 26 heavy (non-hydrogen) atoms. The lowest BCUT2D eigenvalue weighted by Crippen LogP contribution is -2.43. The van der Waals surface area contributed by atoms with Gasteiger partial charge in [-0.3, -0.25) is 0 Å². The molecule has 0 spiro atoms. The van der Waals surface area contributed by atoms with Crippen LogP contribution in [0.4, 0.5) is 5.69 Å². The number of sulfonamides is 1. The number of anilines is 1. The van der Waals surface area contributed by atoms with Gasteiger partial charge in [0.1, 0.15) is 16.4 Å². The molecule has 1 fully saturated rings. The number of rotatable bonds is 3. The van der Waals surface area contributed by atoms with Crippen LogP contribution in [0.2, 0.25) is 0 Å². The number of nitrogens with zero attached hydrogens (tertiary/aromatic N) is 2. The monoisotopic (exact) mass is 375 g/mol. The first-order valence-corrected chi connectivity index (χ1v) is 9.99. The number of fused-ring (bicyclic) bond motifs is 1. The fourth-order valence-corrected chi connectivity index (χ4v) is 4.96. The van der Waals surface area contributed by atoms with Crippen molar-refractivity contribution in [1.29, 1.82) is 0 Å². The summed E-state index contributed by atoms with van der Waals surface area (Å²) in [4.78, 5) is 2.10. The van der Waals surface area contributed by atoms with Crippen LogP contribution in [-0.4, -0.2) is 49.1 Å². The molecule has 7 nitrogen and oxygen atoms in total. The van der Waals surface area contributed by atoms with E-state index in [9.17, 15) is 18.6 Å². The minimum absolute atomic E-state index is 0.174. The summed E-state index contributed by atoms with van der Waals surface area (Å²) in [7, 11) is -3.84. The summed E-state index contributed by atoms with van der Waals surface area (Å²) in [6, 6.07) is 9.62. The van der Waals surface area contributed by atoms with Crippen molar-refractivity contribution < 1.29 is 18.6 Å². The molecule has 0 bridgehead atoms. The zero-order valence-electron chi connectivity index (χ0n) is 14.2. The Kier molecular flexibility index (Phi) is 4.26. The third kappa shape index (κ3) is 3.00. The van der Waals surface area contributed by atoms with E-state index >= 15 is 0 Å². The average molecular weight is 375 g/mol. The minimum Gasteiger partial charge on any atom is -0.508 e. The fraction of sp³-hybridized carbons (Fsp3) is 0.333. The first-order valence-electron chi connectivity index (χ1n) is 8.55. The second-order valence-electron chi connectivity index (χ2n) is 6.62. The minimum atomic E-state index is -3.84. The van der Waals surface area contributed by atoms with E-state index in [1.54, 1.807) is 0 Å². The first-order chi connectivity index (χ1) is 12.4. The number of hydrogen-bond donors (Lipinski definition) is 3. The molecule has 3 N–H and O–H groups in total. The van der Waals surface area contributed by atoms with Gasteiger partial charge in [-0.1, -0.05) is 6.07 Å². The Morgan fingerprint density at radius 2 is 1.65 bits per heavy atom. The summed E-state index contributed by atoms with van der Waals surface area (Å²) in [6.07, 6.45) is 0. The number of hydrogen-bond acceptors (Lipinski definition) is 6. The highest BCUT2D eigenvalue weighted by Gasteiger charge is 2.32. The van der Waals surface area contributed by atoms with Crippen LogP contribution < -0.4 is 10.2 Å². The van der Waals surface area contributed by atoms with E-state index in [4.69, 9.17) is 0 Å². The molecule has 0 aromatic heterocycles. The Labute approximate surface area is 152 Å². The molecular weight excluding hydrogens is 354 g/mol. The molecule has 0 saturated carbocycles. The van der Waals surface area contributed by atoms with E-state index in [0.717, 1.165) is 49.1 Å². The Morgan fingerprint density at radius 1 is 0.923 bits per heavy atom. The third-order valence-corrected chi connectivity index (χ3v) is 6.76. The number of aromatic hydroxyl groups is 2. The Balaban J connectivity index is 1.59. The molecule has 2 aromatic rings. The lowest BCUT2D eigenvalue weighted by molar-refractivity contribution is 0.415. The SMILES string of the molecule is O=S(=O)(c1ccc(O)cc1O)N1Cc2ccc(N3CCNCC3)cc2C1. The highest BCUT2D eigenvalue weighted by molar-refractivity contribution is 7.89. The van der Waals surface area contributed by atoms with Gasteiger partial charge in [0.2, 0.25) is 10.0 Å². The molecule has 2 aliphatic heterocycles.